The Morgan fingerprint density at radius 3 is 2.14 bits per heavy atom. The van der Waals surface area contributed by atoms with E-state index in [1.165, 1.54) is 0 Å². The molecule has 12 nitrogen and oxygen atoms in total. The average molecular weight is 805 g/mol. The molecule has 0 aromatic heterocycles. The second-order valence-electron chi connectivity index (χ2n) is 17.7. The van der Waals surface area contributed by atoms with Gasteiger partial charge in [-0.05, 0) is 104 Å². The van der Waals surface area contributed by atoms with Crippen LogP contribution in [0.5, 0.6) is 5.75 Å². The molecular weight excluding hydrogens is 756 g/mol. The molecule has 13 heteroatoms. The number of hydrogen-bond donors (Lipinski definition) is 2. The summed E-state index contributed by atoms with van der Waals surface area (Å²) in [5, 5.41) is 15.1. The number of benzene rings is 3. The van der Waals surface area contributed by atoms with Gasteiger partial charge in [-0.15, -0.1) is 0 Å². The monoisotopic (exact) mass is 804 g/mol. The van der Waals surface area contributed by atoms with Crippen LogP contribution in [0.4, 0.5) is 5.69 Å². The maximum atomic E-state index is 13.5. The zero-order valence-electron chi connectivity index (χ0n) is 33.4. The first-order chi connectivity index (χ1) is 27.6. The maximum absolute atomic E-state index is 13.5. The van der Waals surface area contributed by atoms with E-state index in [1.54, 1.807) is 18.2 Å². The van der Waals surface area contributed by atoms with Crippen molar-refractivity contribution < 1.29 is 28.7 Å². The predicted octanol–water partition coefficient (Wildman–Crippen LogP) is 6.24. The van der Waals surface area contributed by atoms with Gasteiger partial charge in [0.2, 0.25) is 11.8 Å². The lowest BCUT2D eigenvalue weighted by molar-refractivity contribution is -0.164. The molecule has 1 atom stereocenters. The van der Waals surface area contributed by atoms with Crippen molar-refractivity contribution in [2.24, 2.45) is 16.7 Å². The molecule has 5 amide bonds. The number of fused-ring (bicyclic) bond motifs is 2. The van der Waals surface area contributed by atoms with Crippen LogP contribution < -0.4 is 20.3 Å². The molecule has 5 aliphatic rings. The number of carbonyl (C=O) groups is 5. The molecule has 302 valence electrons. The van der Waals surface area contributed by atoms with Crippen LogP contribution in [-0.4, -0.2) is 77.2 Å². The van der Waals surface area contributed by atoms with E-state index < -0.39 is 23.8 Å². The minimum absolute atomic E-state index is 0.100. The lowest BCUT2D eigenvalue weighted by atomic mass is 9.49. The number of carbonyl (C=O) groups excluding carboxylic acids is 5. The van der Waals surface area contributed by atoms with Crippen molar-refractivity contribution in [2.45, 2.75) is 97.5 Å². The van der Waals surface area contributed by atoms with Crippen molar-refractivity contribution in [3.05, 3.63) is 93.0 Å². The second kappa shape index (κ2) is 15.2. The van der Waals surface area contributed by atoms with Gasteiger partial charge in [0.15, 0.2) is 0 Å². The number of piperidine rings is 2. The number of ether oxygens (including phenoxy) is 1. The molecule has 58 heavy (non-hydrogen) atoms. The average Bonchev–Trinajstić information content (AvgIpc) is 3.71. The Kier molecular flexibility index (Phi) is 10.3. The minimum Gasteiger partial charge on any atom is -0.489 e. The minimum atomic E-state index is -0.957. The summed E-state index contributed by atoms with van der Waals surface area (Å²) >= 11 is 6.25. The van der Waals surface area contributed by atoms with Gasteiger partial charge in [0.05, 0.1) is 21.7 Å². The third-order valence-electron chi connectivity index (χ3n) is 13.2. The van der Waals surface area contributed by atoms with Crippen molar-refractivity contribution in [1.82, 2.24) is 20.4 Å². The zero-order valence-corrected chi connectivity index (χ0v) is 34.2. The number of hydrogen-bond acceptors (Lipinski definition) is 9. The highest BCUT2D eigenvalue weighted by atomic mass is 35.5. The highest BCUT2D eigenvalue weighted by molar-refractivity contribution is 6.31. The molecule has 0 spiro atoms. The van der Waals surface area contributed by atoms with E-state index in [1.807, 2.05) is 36.4 Å². The van der Waals surface area contributed by atoms with E-state index in [-0.39, 0.29) is 47.6 Å². The summed E-state index contributed by atoms with van der Waals surface area (Å²) < 4.78 is 6.38. The first kappa shape index (κ1) is 39.6. The lowest BCUT2D eigenvalue weighted by Gasteiger charge is -2.63. The van der Waals surface area contributed by atoms with Gasteiger partial charge < -0.3 is 15.0 Å². The number of rotatable bonds is 10. The van der Waals surface area contributed by atoms with E-state index >= 15 is 0 Å². The van der Waals surface area contributed by atoms with Gasteiger partial charge in [-0.1, -0.05) is 39.3 Å². The summed E-state index contributed by atoms with van der Waals surface area (Å²) in [7, 11) is 0. The van der Waals surface area contributed by atoms with Gasteiger partial charge in [-0.2, -0.15) is 5.26 Å². The molecule has 0 radical (unpaired) electrons. The number of anilines is 1. The summed E-state index contributed by atoms with van der Waals surface area (Å²) in [5.74, 6) is -0.783. The molecule has 3 aromatic rings. The van der Waals surface area contributed by atoms with Gasteiger partial charge >= 0.3 is 0 Å². The van der Waals surface area contributed by atoms with Crippen LogP contribution in [0.25, 0.3) is 0 Å². The molecule has 2 saturated heterocycles. The molecule has 8 rings (SSSR count). The standard InChI is InChI=1S/C45H49ClN6O6/c1-44(2)42(45(3,4)43(44)58-32-12-9-28(23-47)35(46)22-32)49-38(54)27-7-10-31(11-8-27)51-18-15-26(16-19-51)6-5-17-50-24-29-20-33-34(21-30(29)25-50)41(57)52(40(33)56)36-13-14-37(53)48-39(36)55/h7-12,20-22,26,36,42-43H,5-6,13-19,24-25H2,1-4H3,(H,49,54)(H,48,53,55)/t36-,42-,43-/m0/s1. The molecular formula is C45H49ClN6O6. The van der Waals surface area contributed by atoms with Gasteiger partial charge in [-0.25, -0.2) is 0 Å². The molecule has 2 N–H and O–H groups in total. The van der Waals surface area contributed by atoms with E-state index in [4.69, 9.17) is 16.3 Å². The summed E-state index contributed by atoms with van der Waals surface area (Å²) in [4.78, 5) is 69.8. The molecule has 4 aliphatic heterocycles. The van der Waals surface area contributed by atoms with Crippen LogP contribution in [0, 0.1) is 28.1 Å². The fraction of sp³-hybridized carbons (Fsp3) is 0.467. The van der Waals surface area contributed by atoms with Crippen molar-refractivity contribution >= 4 is 46.8 Å². The molecule has 0 bridgehead atoms. The van der Waals surface area contributed by atoms with Crippen LogP contribution in [-0.2, 0) is 22.7 Å². The predicted molar refractivity (Wildman–Crippen MR) is 217 cm³/mol. The number of nitrogens with one attached hydrogen (secondary N) is 2. The Hall–Kier alpha value is -5.25. The summed E-state index contributed by atoms with van der Waals surface area (Å²) in [6.45, 7) is 12.7. The smallest absolute Gasteiger partial charge is 0.262 e. The van der Waals surface area contributed by atoms with E-state index in [9.17, 15) is 29.2 Å². The van der Waals surface area contributed by atoms with Crippen LogP contribution in [0.1, 0.15) is 114 Å². The first-order valence-corrected chi connectivity index (χ1v) is 20.7. The molecule has 0 unspecified atom stereocenters. The Balaban J connectivity index is 0.778. The topological polar surface area (TPSA) is 152 Å². The highest BCUT2D eigenvalue weighted by Crippen LogP contribution is 2.55. The summed E-state index contributed by atoms with van der Waals surface area (Å²) in [5.41, 5.74) is 4.21. The van der Waals surface area contributed by atoms with E-state index in [0.717, 1.165) is 80.1 Å². The number of imide groups is 2. The quantitative estimate of drug-likeness (QED) is 0.227. The Bertz CT molecular complexity index is 2180. The highest BCUT2D eigenvalue weighted by Gasteiger charge is 2.64. The molecule has 1 aliphatic carbocycles. The van der Waals surface area contributed by atoms with Gasteiger partial charge in [0.1, 0.15) is 24.0 Å². The third kappa shape index (κ3) is 7.13. The molecule has 4 heterocycles. The van der Waals surface area contributed by atoms with Crippen molar-refractivity contribution in [3.63, 3.8) is 0 Å². The van der Waals surface area contributed by atoms with E-state index in [2.05, 4.69) is 54.2 Å². The van der Waals surface area contributed by atoms with Gasteiger partial charge in [-0.3, -0.25) is 39.1 Å². The molecule has 3 aromatic carbocycles. The molecule has 3 fully saturated rings. The number of nitriles is 1. The van der Waals surface area contributed by atoms with Crippen LogP contribution >= 0.6 is 11.6 Å². The van der Waals surface area contributed by atoms with E-state index in [0.29, 0.717) is 38.9 Å². The number of nitrogens with zero attached hydrogens (tertiary/aromatic N) is 4. The fourth-order valence-corrected chi connectivity index (χ4v) is 10.5. The van der Waals surface area contributed by atoms with Gasteiger partial charge in [0, 0.05) is 66.8 Å². The van der Waals surface area contributed by atoms with Crippen LogP contribution in [0.15, 0.2) is 54.6 Å². The summed E-state index contributed by atoms with van der Waals surface area (Å²) in [6, 6.07) is 17.6. The van der Waals surface area contributed by atoms with Gasteiger partial charge in [0.25, 0.3) is 17.7 Å². The van der Waals surface area contributed by atoms with Crippen molar-refractivity contribution in [3.8, 4) is 11.8 Å². The Morgan fingerprint density at radius 1 is 0.914 bits per heavy atom. The van der Waals surface area contributed by atoms with Crippen molar-refractivity contribution in [2.75, 3.05) is 24.5 Å². The SMILES string of the molecule is CC1(C)[C@H](NC(=O)c2ccc(N3CCC(CCCN4Cc5cc6c(cc5C4)C(=O)N([C@H]4CCC(=O)NC4=O)C6=O)CC3)cc2)C(C)(C)[C@H]1Oc1ccc(C#N)c(Cl)c1. The van der Waals surface area contributed by atoms with Crippen LogP contribution in [0.2, 0.25) is 5.02 Å². The van der Waals surface area contributed by atoms with Crippen molar-refractivity contribution in [1.29, 1.82) is 5.26 Å². The summed E-state index contributed by atoms with van der Waals surface area (Å²) in [6.07, 6.45) is 4.47. The first-order valence-electron chi connectivity index (χ1n) is 20.3. The zero-order chi connectivity index (χ0) is 41.1. The lowest BCUT2D eigenvalue weighted by Crippen LogP contribution is -2.74. The van der Waals surface area contributed by atoms with Crippen LogP contribution in [0.3, 0.4) is 0 Å². The number of amides is 5. The largest absolute Gasteiger partial charge is 0.489 e. The third-order valence-corrected chi connectivity index (χ3v) is 13.5. The molecule has 1 saturated carbocycles. The maximum Gasteiger partial charge on any atom is 0.262 e. The Labute approximate surface area is 343 Å². The number of halogens is 1. The second-order valence-corrected chi connectivity index (χ2v) is 18.2. The Morgan fingerprint density at radius 2 is 1.55 bits per heavy atom. The normalized spacial score (nSPS) is 23.8. The fourth-order valence-electron chi connectivity index (χ4n) is 10.3.